The summed E-state index contributed by atoms with van der Waals surface area (Å²) in [5.41, 5.74) is 3.76. The Balaban J connectivity index is 2.32. The fraction of sp³-hybridized carbons (Fsp3) is 0.250. The van der Waals surface area contributed by atoms with Crippen LogP contribution >= 0.6 is 0 Å². The van der Waals surface area contributed by atoms with Gasteiger partial charge in [-0.2, -0.15) is 0 Å². The van der Waals surface area contributed by atoms with Gasteiger partial charge in [0.1, 0.15) is 5.82 Å². The zero-order chi connectivity index (χ0) is 14.4. The standard InChI is InChI=1S/C16H19N3O/c1-4-20-9-8-13-6-5-7-14-16(13)19-15(11-17-14)18-10-12(2)3/h5-9,11H,2,4,10H2,1,3H3,(H,18,19). The van der Waals surface area contributed by atoms with Crippen molar-refractivity contribution in [1.29, 1.82) is 0 Å². The largest absolute Gasteiger partial charge is 0.501 e. The number of nitrogens with zero attached hydrogens (tertiary/aromatic N) is 2. The normalized spacial score (nSPS) is 10.9. The van der Waals surface area contributed by atoms with Crippen molar-refractivity contribution in [3.05, 3.63) is 48.4 Å². The Hall–Kier alpha value is -2.36. The van der Waals surface area contributed by atoms with Crippen LogP contribution in [0.5, 0.6) is 0 Å². The van der Waals surface area contributed by atoms with Gasteiger partial charge >= 0.3 is 0 Å². The summed E-state index contributed by atoms with van der Waals surface area (Å²) < 4.78 is 5.24. The van der Waals surface area contributed by atoms with Gasteiger partial charge in [0, 0.05) is 12.1 Å². The molecule has 4 nitrogen and oxygen atoms in total. The van der Waals surface area contributed by atoms with Crippen LogP contribution < -0.4 is 5.32 Å². The quantitative estimate of drug-likeness (QED) is 0.642. The minimum atomic E-state index is 0.651. The summed E-state index contributed by atoms with van der Waals surface area (Å²) in [5.74, 6) is 0.748. The van der Waals surface area contributed by atoms with Crippen LogP contribution in [0, 0.1) is 0 Å². The molecule has 1 aromatic carbocycles. The number of ether oxygens (including phenoxy) is 1. The van der Waals surface area contributed by atoms with E-state index < -0.39 is 0 Å². The molecule has 0 fully saturated rings. The number of aromatic nitrogens is 2. The van der Waals surface area contributed by atoms with Crippen LogP contribution in [0.4, 0.5) is 5.82 Å². The van der Waals surface area contributed by atoms with Gasteiger partial charge in [-0.15, -0.1) is 0 Å². The molecular formula is C16H19N3O. The van der Waals surface area contributed by atoms with Crippen LogP contribution in [-0.4, -0.2) is 23.1 Å². The highest BCUT2D eigenvalue weighted by atomic mass is 16.5. The zero-order valence-corrected chi connectivity index (χ0v) is 11.9. The van der Waals surface area contributed by atoms with Crippen molar-refractivity contribution in [2.75, 3.05) is 18.5 Å². The Morgan fingerprint density at radius 2 is 2.30 bits per heavy atom. The maximum atomic E-state index is 5.24. The molecule has 104 valence electrons. The number of rotatable bonds is 6. The molecule has 0 aliphatic carbocycles. The van der Waals surface area contributed by atoms with Crippen LogP contribution in [0.3, 0.4) is 0 Å². The van der Waals surface area contributed by atoms with E-state index in [9.17, 15) is 0 Å². The Morgan fingerprint density at radius 3 is 3.05 bits per heavy atom. The van der Waals surface area contributed by atoms with E-state index in [4.69, 9.17) is 4.74 Å². The highest BCUT2D eigenvalue weighted by Crippen LogP contribution is 2.18. The molecule has 0 spiro atoms. The number of anilines is 1. The SMILES string of the molecule is C=C(C)CNc1cnc2cccc(C=COCC)c2n1. The van der Waals surface area contributed by atoms with Gasteiger partial charge < -0.3 is 10.1 Å². The summed E-state index contributed by atoms with van der Waals surface area (Å²) in [6, 6.07) is 5.90. The second-order valence-corrected chi connectivity index (χ2v) is 4.54. The molecule has 0 aliphatic rings. The van der Waals surface area contributed by atoms with Gasteiger partial charge in [-0.25, -0.2) is 4.98 Å². The average molecular weight is 269 g/mol. The van der Waals surface area contributed by atoms with Crippen molar-refractivity contribution >= 4 is 22.9 Å². The Morgan fingerprint density at radius 1 is 1.45 bits per heavy atom. The fourth-order valence-corrected chi connectivity index (χ4v) is 1.73. The molecule has 2 rings (SSSR count). The van der Waals surface area contributed by atoms with E-state index in [0.29, 0.717) is 13.2 Å². The monoisotopic (exact) mass is 269 g/mol. The molecule has 2 aromatic rings. The molecule has 0 saturated carbocycles. The van der Waals surface area contributed by atoms with Crippen LogP contribution in [0.25, 0.3) is 17.1 Å². The van der Waals surface area contributed by atoms with Crippen LogP contribution in [0.1, 0.15) is 19.4 Å². The molecule has 1 N–H and O–H groups in total. The van der Waals surface area contributed by atoms with E-state index in [2.05, 4.69) is 21.9 Å². The molecule has 0 amide bonds. The number of para-hydroxylation sites is 1. The lowest BCUT2D eigenvalue weighted by Crippen LogP contribution is -2.04. The van der Waals surface area contributed by atoms with Gasteiger partial charge in [0.15, 0.2) is 0 Å². The maximum Gasteiger partial charge on any atom is 0.145 e. The predicted molar refractivity (Wildman–Crippen MR) is 83.5 cm³/mol. The Bertz CT molecular complexity index is 635. The average Bonchev–Trinajstić information content (AvgIpc) is 2.45. The summed E-state index contributed by atoms with van der Waals surface area (Å²) >= 11 is 0. The molecule has 1 heterocycles. The Labute approximate surface area is 119 Å². The van der Waals surface area contributed by atoms with Gasteiger partial charge in [0.05, 0.1) is 30.1 Å². The van der Waals surface area contributed by atoms with Crippen molar-refractivity contribution in [3.8, 4) is 0 Å². The van der Waals surface area contributed by atoms with Gasteiger partial charge in [-0.05, 0) is 26.0 Å². The van der Waals surface area contributed by atoms with E-state index in [-0.39, 0.29) is 0 Å². The second-order valence-electron chi connectivity index (χ2n) is 4.54. The van der Waals surface area contributed by atoms with Crippen LogP contribution in [-0.2, 0) is 4.74 Å². The summed E-state index contributed by atoms with van der Waals surface area (Å²) in [6.07, 6.45) is 5.33. The molecule has 0 unspecified atom stereocenters. The molecule has 0 atom stereocenters. The third kappa shape index (κ3) is 3.57. The number of hydrogen-bond acceptors (Lipinski definition) is 4. The second kappa shape index (κ2) is 6.70. The first-order valence-corrected chi connectivity index (χ1v) is 6.63. The van der Waals surface area contributed by atoms with Gasteiger partial charge in [0.2, 0.25) is 0 Å². The summed E-state index contributed by atoms with van der Waals surface area (Å²) in [6.45, 7) is 9.13. The van der Waals surface area contributed by atoms with E-state index in [1.807, 2.05) is 38.1 Å². The van der Waals surface area contributed by atoms with Gasteiger partial charge in [-0.3, -0.25) is 4.98 Å². The van der Waals surface area contributed by atoms with Gasteiger partial charge in [0.25, 0.3) is 0 Å². The number of nitrogens with one attached hydrogen (secondary N) is 1. The molecule has 0 radical (unpaired) electrons. The zero-order valence-electron chi connectivity index (χ0n) is 11.9. The molecule has 0 bridgehead atoms. The minimum absolute atomic E-state index is 0.651. The summed E-state index contributed by atoms with van der Waals surface area (Å²) in [4.78, 5) is 9.02. The van der Waals surface area contributed by atoms with Crippen LogP contribution in [0.2, 0.25) is 0 Å². The minimum Gasteiger partial charge on any atom is -0.501 e. The topological polar surface area (TPSA) is 47.0 Å². The van der Waals surface area contributed by atoms with Crippen molar-refractivity contribution in [2.24, 2.45) is 0 Å². The molecule has 4 heteroatoms. The third-order valence-electron chi connectivity index (χ3n) is 2.69. The molecule has 0 aliphatic heterocycles. The fourth-order valence-electron chi connectivity index (χ4n) is 1.73. The summed E-state index contributed by atoms with van der Waals surface area (Å²) in [7, 11) is 0. The van der Waals surface area contributed by atoms with Crippen molar-refractivity contribution < 1.29 is 4.74 Å². The first kappa shape index (κ1) is 14.1. The van der Waals surface area contributed by atoms with Crippen LogP contribution in [0.15, 0.2) is 42.8 Å². The third-order valence-corrected chi connectivity index (χ3v) is 2.69. The van der Waals surface area contributed by atoms with E-state index in [1.54, 1.807) is 12.5 Å². The lowest BCUT2D eigenvalue weighted by Gasteiger charge is -2.07. The smallest absolute Gasteiger partial charge is 0.145 e. The number of hydrogen-bond donors (Lipinski definition) is 1. The lowest BCUT2D eigenvalue weighted by atomic mass is 10.1. The molecular weight excluding hydrogens is 250 g/mol. The lowest BCUT2D eigenvalue weighted by molar-refractivity contribution is 0.272. The molecule has 20 heavy (non-hydrogen) atoms. The van der Waals surface area contributed by atoms with Crippen molar-refractivity contribution in [2.45, 2.75) is 13.8 Å². The van der Waals surface area contributed by atoms with E-state index in [1.165, 1.54) is 0 Å². The Kier molecular flexibility index (Phi) is 4.71. The highest BCUT2D eigenvalue weighted by molar-refractivity contribution is 5.85. The molecule has 0 saturated heterocycles. The number of benzene rings is 1. The number of fused-ring (bicyclic) bond motifs is 1. The highest BCUT2D eigenvalue weighted by Gasteiger charge is 2.03. The van der Waals surface area contributed by atoms with Crippen molar-refractivity contribution in [1.82, 2.24) is 9.97 Å². The predicted octanol–water partition coefficient (Wildman–Crippen LogP) is 3.63. The van der Waals surface area contributed by atoms with Crippen molar-refractivity contribution in [3.63, 3.8) is 0 Å². The van der Waals surface area contributed by atoms with Gasteiger partial charge in [-0.1, -0.05) is 24.3 Å². The molecule has 1 aromatic heterocycles. The first-order valence-electron chi connectivity index (χ1n) is 6.63. The first-order chi connectivity index (χ1) is 9.70. The maximum absolute atomic E-state index is 5.24. The van der Waals surface area contributed by atoms with E-state index in [0.717, 1.165) is 28.0 Å². The van der Waals surface area contributed by atoms with E-state index >= 15 is 0 Å². The summed E-state index contributed by atoms with van der Waals surface area (Å²) in [5, 5.41) is 3.20.